The van der Waals surface area contributed by atoms with Crippen LogP contribution in [0.15, 0.2) is 53.7 Å². The van der Waals surface area contributed by atoms with Crippen LogP contribution in [0.25, 0.3) is 0 Å². The number of thioether (sulfide) groups is 1. The Morgan fingerprint density at radius 1 is 1.04 bits per heavy atom. The highest BCUT2D eigenvalue weighted by molar-refractivity contribution is 8.14. The zero-order chi connectivity index (χ0) is 17.5. The third-order valence-electron chi connectivity index (χ3n) is 5.59. The lowest BCUT2D eigenvalue weighted by molar-refractivity contribution is 0.321. The minimum atomic E-state index is 0.0869. The van der Waals surface area contributed by atoms with Crippen LogP contribution >= 0.6 is 11.8 Å². The quantitative estimate of drug-likeness (QED) is 0.814. The summed E-state index contributed by atoms with van der Waals surface area (Å²) in [7, 11) is 0. The molecule has 0 spiro atoms. The van der Waals surface area contributed by atoms with Gasteiger partial charge in [-0.2, -0.15) is 0 Å². The number of benzene rings is 1. The monoisotopic (exact) mass is 364 g/mol. The van der Waals surface area contributed by atoms with Crippen LogP contribution in [0.3, 0.4) is 0 Å². The van der Waals surface area contributed by atoms with Crippen LogP contribution in [0, 0.1) is 0 Å². The van der Waals surface area contributed by atoms with Crippen molar-refractivity contribution in [1.29, 1.82) is 0 Å². The summed E-state index contributed by atoms with van der Waals surface area (Å²) >= 11 is 1.90. The molecule has 2 fully saturated rings. The number of hydrogen-bond acceptors (Lipinski definition) is 5. The first-order valence-corrected chi connectivity index (χ1v) is 10.4. The van der Waals surface area contributed by atoms with E-state index in [1.165, 1.54) is 42.3 Å². The Balaban J connectivity index is 1.48. The van der Waals surface area contributed by atoms with Gasteiger partial charge in [0.25, 0.3) is 0 Å². The van der Waals surface area contributed by atoms with Crippen LogP contribution in [0.2, 0.25) is 0 Å². The molecule has 5 heteroatoms. The van der Waals surface area contributed by atoms with E-state index in [4.69, 9.17) is 4.99 Å². The fourth-order valence-corrected chi connectivity index (χ4v) is 5.43. The third kappa shape index (κ3) is 2.78. The van der Waals surface area contributed by atoms with Gasteiger partial charge < -0.3 is 9.80 Å². The van der Waals surface area contributed by atoms with Gasteiger partial charge in [0.15, 0.2) is 5.17 Å². The van der Waals surface area contributed by atoms with Crippen molar-refractivity contribution in [3.05, 3.63) is 59.9 Å². The summed E-state index contributed by atoms with van der Waals surface area (Å²) in [6.07, 6.45) is 4.50. The van der Waals surface area contributed by atoms with E-state index >= 15 is 0 Å². The second-order valence-corrected chi connectivity index (χ2v) is 8.83. The Morgan fingerprint density at radius 2 is 1.85 bits per heavy atom. The van der Waals surface area contributed by atoms with Crippen molar-refractivity contribution in [2.24, 2.45) is 4.99 Å². The van der Waals surface area contributed by atoms with Gasteiger partial charge in [0, 0.05) is 36.8 Å². The Morgan fingerprint density at radius 3 is 2.58 bits per heavy atom. The smallest absolute Gasteiger partial charge is 0.160 e. The Hall–Kier alpha value is -2.01. The first-order chi connectivity index (χ1) is 12.8. The average Bonchev–Trinajstić information content (AvgIpc) is 3.38. The van der Waals surface area contributed by atoms with Crippen molar-refractivity contribution in [3.8, 4) is 0 Å². The number of hydrogen-bond donors (Lipinski definition) is 0. The van der Waals surface area contributed by atoms with Crippen molar-refractivity contribution in [2.75, 3.05) is 24.5 Å². The van der Waals surface area contributed by atoms with Gasteiger partial charge in [0.05, 0.1) is 11.7 Å². The van der Waals surface area contributed by atoms with Crippen molar-refractivity contribution >= 4 is 22.6 Å². The minimum Gasteiger partial charge on any atom is -0.372 e. The Kier molecular flexibility index (Phi) is 4.12. The van der Waals surface area contributed by atoms with Crippen LogP contribution in [-0.2, 0) is 0 Å². The highest BCUT2D eigenvalue weighted by atomic mass is 32.2. The number of aromatic nitrogens is 1. The van der Waals surface area contributed by atoms with E-state index in [1.807, 2.05) is 24.0 Å². The van der Waals surface area contributed by atoms with Crippen molar-refractivity contribution in [1.82, 2.24) is 9.88 Å². The summed E-state index contributed by atoms with van der Waals surface area (Å²) < 4.78 is 0. The molecule has 3 unspecified atom stereocenters. The maximum atomic E-state index is 5.06. The minimum absolute atomic E-state index is 0.0869. The van der Waals surface area contributed by atoms with E-state index in [2.05, 4.69) is 58.1 Å². The fourth-order valence-electron chi connectivity index (χ4n) is 4.34. The molecule has 4 heterocycles. The summed E-state index contributed by atoms with van der Waals surface area (Å²) in [6, 6.07) is 15.7. The molecule has 26 heavy (non-hydrogen) atoms. The second kappa shape index (κ2) is 6.62. The molecule has 0 saturated carbocycles. The molecule has 4 nitrogen and oxygen atoms in total. The lowest BCUT2D eigenvalue weighted by atomic mass is 9.96. The van der Waals surface area contributed by atoms with Gasteiger partial charge in [0.1, 0.15) is 6.04 Å². The molecular formula is C21H24N4S. The predicted octanol–water partition coefficient (Wildman–Crippen LogP) is 4.27. The van der Waals surface area contributed by atoms with Crippen LogP contribution < -0.4 is 4.90 Å². The van der Waals surface area contributed by atoms with E-state index in [-0.39, 0.29) is 12.1 Å². The Labute approximate surface area is 159 Å². The number of aliphatic imine (C=N–C) groups is 1. The molecule has 3 atom stereocenters. The average molecular weight is 365 g/mol. The van der Waals surface area contributed by atoms with Gasteiger partial charge in [-0.25, -0.2) is 0 Å². The van der Waals surface area contributed by atoms with Crippen molar-refractivity contribution < 1.29 is 0 Å². The topological polar surface area (TPSA) is 31.7 Å². The van der Waals surface area contributed by atoms with E-state index in [0.29, 0.717) is 5.25 Å². The van der Waals surface area contributed by atoms with E-state index in [9.17, 15) is 0 Å². The number of pyridine rings is 1. The highest BCUT2D eigenvalue weighted by Crippen LogP contribution is 2.47. The zero-order valence-electron chi connectivity index (χ0n) is 15.1. The third-order valence-corrected chi connectivity index (χ3v) is 6.69. The van der Waals surface area contributed by atoms with Gasteiger partial charge >= 0.3 is 0 Å². The summed E-state index contributed by atoms with van der Waals surface area (Å²) in [5.41, 5.74) is 3.76. The van der Waals surface area contributed by atoms with Crippen LogP contribution in [0.1, 0.15) is 43.1 Å². The number of fused-ring (bicyclic) bond motifs is 1. The van der Waals surface area contributed by atoms with Gasteiger partial charge in [0.2, 0.25) is 0 Å². The molecule has 0 N–H and O–H groups in total. The van der Waals surface area contributed by atoms with Gasteiger partial charge in [-0.05, 0) is 42.7 Å². The SMILES string of the molecule is CC1CN2C(=NC(c3ccccn3)C2c2ccc(N3CCCC3)cc2)S1. The number of rotatable bonds is 3. The standard InChI is InChI=1S/C21H24N4S/c1-15-14-25-20(16-7-9-17(10-8-16)24-12-4-5-13-24)19(23-21(25)26-15)18-6-2-3-11-22-18/h2-3,6-11,15,19-20H,4-5,12-14H2,1H3. The molecule has 134 valence electrons. The number of amidine groups is 1. The molecule has 0 radical (unpaired) electrons. The van der Waals surface area contributed by atoms with Crippen LogP contribution in [-0.4, -0.2) is 39.9 Å². The first-order valence-electron chi connectivity index (χ1n) is 9.56. The lowest BCUT2D eigenvalue weighted by Crippen LogP contribution is -2.28. The van der Waals surface area contributed by atoms with E-state index in [1.54, 1.807) is 0 Å². The summed E-state index contributed by atoms with van der Waals surface area (Å²) in [6.45, 7) is 5.72. The molecule has 5 rings (SSSR count). The summed E-state index contributed by atoms with van der Waals surface area (Å²) in [4.78, 5) is 14.6. The molecule has 0 aliphatic carbocycles. The highest BCUT2D eigenvalue weighted by Gasteiger charge is 2.43. The lowest BCUT2D eigenvalue weighted by Gasteiger charge is -2.28. The van der Waals surface area contributed by atoms with Crippen molar-refractivity contribution in [2.45, 2.75) is 37.1 Å². The Bertz CT molecular complexity index is 799. The molecule has 2 saturated heterocycles. The molecule has 2 aromatic rings. The fraction of sp³-hybridized carbons (Fsp3) is 0.429. The first kappa shape index (κ1) is 16.2. The molecular weight excluding hydrogens is 340 g/mol. The number of anilines is 1. The zero-order valence-corrected chi connectivity index (χ0v) is 15.9. The molecule has 3 aliphatic rings. The molecule has 3 aliphatic heterocycles. The van der Waals surface area contributed by atoms with E-state index < -0.39 is 0 Å². The van der Waals surface area contributed by atoms with Crippen LogP contribution in [0.4, 0.5) is 5.69 Å². The second-order valence-electron chi connectivity index (χ2n) is 7.42. The van der Waals surface area contributed by atoms with Gasteiger partial charge in [-0.15, -0.1) is 0 Å². The summed E-state index contributed by atoms with van der Waals surface area (Å²) in [5.74, 6) is 0. The molecule has 1 aromatic carbocycles. The summed E-state index contributed by atoms with van der Waals surface area (Å²) in [5, 5.41) is 1.78. The molecule has 0 amide bonds. The van der Waals surface area contributed by atoms with E-state index in [0.717, 1.165) is 12.2 Å². The maximum absolute atomic E-state index is 5.06. The number of nitrogens with zero attached hydrogens (tertiary/aromatic N) is 4. The normalized spacial score (nSPS) is 27.7. The molecule has 1 aromatic heterocycles. The molecule has 0 bridgehead atoms. The maximum Gasteiger partial charge on any atom is 0.160 e. The van der Waals surface area contributed by atoms with Gasteiger partial charge in [-0.3, -0.25) is 9.98 Å². The predicted molar refractivity (Wildman–Crippen MR) is 109 cm³/mol. The van der Waals surface area contributed by atoms with Gasteiger partial charge in [-0.1, -0.05) is 36.9 Å². The van der Waals surface area contributed by atoms with Crippen LogP contribution in [0.5, 0.6) is 0 Å². The van der Waals surface area contributed by atoms with Crippen molar-refractivity contribution in [3.63, 3.8) is 0 Å². The largest absolute Gasteiger partial charge is 0.372 e.